The maximum absolute atomic E-state index is 5.72. The van der Waals surface area contributed by atoms with Crippen molar-refractivity contribution in [2.45, 2.75) is 0 Å². The van der Waals surface area contributed by atoms with Crippen LogP contribution in [0.3, 0.4) is 0 Å². The van der Waals surface area contributed by atoms with Gasteiger partial charge in [-0.3, -0.25) is 4.98 Å². The molecule has 0 aliphatic carbocycles. The van der Waals surface area contributed by atoms with Crippen LogP contribution in [0, 0.1) is 0 Å². The average molecular weight is 169 g/mol. The fraction of sp³-hybridized carbons (Fsp3) is 0.125. The highest BCUT2D eigenvalue weighted by Crippen LogP contribution is 2.08. The van der Waals surface area contributed by atoms with E-state index in [9.17, 15) is 0 Å². The van der Waals surface area contributed by atoms with Crippen LogP contribution >= 0.6 is 11.6 Å². The highest BCUT2D eigenvalue weighted by Gasteiger charge is 1.88. The van der Waals surface area contributed by atoms with Crippen molar-refractivity contribution in [3.8, 4) is 0 Å². The monoisotopic (exact) mass is 168 g/mol. The third-order valence-electron chi connectivity index (χ3n) is 1.17. The first-order chi connectivity index (χ1) is 5.33. The molecule has 0 fully saturated rings. The van der Waals surface area contributed by atoms with Gasteiger partial charge in [0, 0.05) is 17.8 Å². The molecule has 2 N–H and O–H groups in total. The first-order valence-corrected chi connectivity index (χ1v) is 3.69. The third kappa shape index (κ3) is 2.70. The second-order valence-electron chi connectivity index (χ2n) is 2.04. The molecule has 1 aromatic rings. The minimum atomic E-state index is 0.522. The SMILES string of the molecule is NCC=Cc1cc(Cl)ccn1. The van der Waals surface area contributed by atoms with Crippen molar-refractivity contribution >= 4 is 17.7 Å². The van der Waals surface area contributed by atoms with Gasteiger partial charge < -0.3 is 5.73 Å². The van der Waals surface area contributed by atoms with Crippen LogP contribution < -0.4 is 5.73 Å². The quantitative estimate of drug-likeness (QED) is 0.730. The van der Waals surface area contributed by atoms with Crippen molar-refractivity contribution in [1.29, 1.82) is 0 Å². The number of pyridine rings is 1. The van der Waals surface area contributed by atoms with Crippen LogP contribution in [-0.2, 0) is 0 Å². The number of halogens is 1. The van der Waals surface area contributed by atoms with Crippen LogP contribution in [0.25, 0.3) is 6.08 Å². The Bertz CT molecular complexity index is 258. The molecular formula is C8H9ClN2. The summed E-state index contributed by atoms with van der Waals surface area (Å²) in [6.45, 7) is 0.522. The first kappa shape index (κ1) is 8.24. The Morgan fingerprint density at radius 2 is 2.45 bits per heavy atom. The van der Waals surface area contributed by atoms with E-state index in [-0.39, 0.29) is 0 Å². The number of hydrogen-bond acceptors (Lipinski definition) is 2. The Morgan fingerprint density at radius 1 is 1.64 bits per heavy atom. The summed E-state index contributed by atoms with van der Waals surface area (Å²) in [7, 11) is 0. The molecule has 0 saturated heterocycles. The fourth-order valence-electron chi connectivity index (χ4n) is 0.701. The van der Waals surface area contributed by atoms with Gasteiger partial charge in [0.05, 0.1) is 5.69 Å². The zero-order valence-electron chi connectivity index (χ0n) is 6.00. The van der Waals surface area contributed by atoms with Gasteiger partial charge in [-0.15, -0.1) is 0 Å². The molecule has 2 nitrogen and oxygen atoms in total. The van der Waals surface area contributed by atoms with Gasteiger partial charge in [0.15, 0.2) is 0 Å². The Kier molecular flexibility index (Phi) is 3.08. The molecule has 0 aliphatic heterocycles. The Labute approximate surface area is 70.7 Å². The normalized spacial score (nSPS) is 10.7. The fourth-order valence-corrected chi connectivity index (χ4v) is 0.869. The third-order valence-corrected chi connectivity index (χ3v) is 1.40. The Balaban J connectivity index is 2.79. The summed E-state index contributed by atoms with van der Waals surface area (Å²) in [6.07, 6.45) is 5.34. The zero-order valence-corrected chi connectivity index (χ0v) is 6.75. The van der Waals surface area contributed by atoms with Gasteiger partial charge >= 0.3 is 0 Å². The lowest BCUT2D eigenvalue weighted by atomic mass is 10.3. The van der Waals surface area contributed by atoms with Crippen LogP contribution in [0.5, 0.6) is 0 Å². The molecule has 1 heterocycles. The van der Waals surface area contributed by atoms with Gasteiger partial charge in [-0.05, 0) is 18.2 Å². The number of aromatic nitrogens is 1. The topological polar surface area (TPSA) is 38.9 Å². The number of nitrogens with zero attached hydrogens (tertiary/aromatic N) is 1. The second kappa shape index (κ2) is 4.11. The van der Waals surface area contributed by atoms with Gasteiger partial charge in [-0.25, -0.2) is 0 Å². The summed E-state index contributed by atoms with van der Waals surface area (Å²) in [5.74, 6) is 0. The van der Waals surface area contributed by atoms with Crippen LogP contribution in [0.1, 0.15) is 5.69 Å². The lowest BCUT2D eigenvalue weighted by Crippen LogP contribution is -1.92. The van der Waals surface area contributed by atoms with Crippen molar-refractivity contribution in [1.82, 2.24) is 4.98 Å². The summed E-state index contributed by atoms with van der Waals surface area (Å²) < 4.78 is 0. The minimum Gasteiger partial charge on any atom is -0.327 e. The number of hydrogen-bond donors (Lipinski definition) is 1. The molecular weight excluding hydrogens is 160 g/mol. The molecule has 0 radical (unpaired) electrons. The highest BCUT2D eigenvalue weighted by atomic mass is 35.5. The molecule has 3 heteroatoms. The van der Waals surface area contributed by atoms with E-state index in [1.165, 1.54) is 0 Å². The lowest BCUT2D eigenvalue weighted by Gasteiger charge is -1.91. The van der Waals surface area contributed by atoms with Gasteiger partial charge in [-0.1, -0.05) is 17.7 Å². The standard InChI is InChI=1S/C8H9ClN2/c9-7-3-5-11-8(6-7)2-1-4-10/h1-3,5-6H,4,10H2. The summed E-state index contributed by atoms with van der Waals surface area (Å²) in [6, 6.07) is 3.52. The molecule has 11 heavy (non-hydrogen) atoms. The van der Waals surface area contributed by atoms with Crippen molar-refractivity contribution in [3.63, 3.8) is 0 Å². The van der Waals surface area contributed by atoms with E-state index in [1.54, 1.807) is 18.3 Å². The summed E-state index contributed by atoms with van der Waals surface area (Å²) in [5.41, 5.74) is 6.10. The van der Waals surface area contributed by atoms with E-state index in [1.807, 2.05) is 12.2 Å². The van der Waals surface area contributed by atoms with Crippen LogP contribution in [-0.4, -0.2) is 11.5 Å². The molecule has 0 aromatic carbocycles. The number of nitrogens with two attached hydrogens (primary N) is 1. The van der Waals surface area contributed by atoms with Crippen molar-refractivity contribution in [2.75, 3.05) is 6.54 Å². The summed E-state index contributed by atoms with van der Waals surface area (Å²) in [5, 5.41) is 0.691. The Morgan fingerprint density at radius 3 is 3.09 bits per heavy atom. The number of rotatable bonds is 2. The van der Waals surface area contributed by atoms with Crippen molar-refractivity contribution < 1.29 is 0 Å². The van der Waals surface area contributed by atoms with E-state index in [0.717, 1.165) is 5.69 Å². The van der Waals surface area contributed by atoms with E-state index < -0.39 is 0 Å². The average Bonchev–Trinajstić information content (AvgIpc) is 2.01. The van der Waals surface area contributed by atoms with Gasteiger partial charge in [-0.2, -0.15) is 0 Å². The summed E-state index contributed by atoms with van der Waals surface area (Å²) in [4.78, 5) is 4.05. The molecule has 0 amide bonds. The summed E-state index contributed by atoms with van der Waals surface area (Å²) >= 11 is 5.72. The van der Waals surface area contributed by atoms with E-state index >= 15 is 0 Å². The lowest BCUT2D eigenvalue weighted by molar-refractivity contribution is 1.25. The van der Waals surface area contributed by atoms with Crippen LogP contribution in [0.4, 0.5) is 0 Å². The molecule has 0 bridgehead atoms. The van der Waals surface area contributed by atoms with Crippen molar-refractivity contribution in [2.24, 2.45) is 5.73 Å². The van der Waals surface area contributed by atoms with Gasteiger partial charge in [0.1, 0.15) is 0 Å². The van der Waals surface area contributed by atoms with Gasteiger partial charge in [0.2, 0.25) is 0 Å². The predicted octanol–water partition coefficient (Wildman–Crippen LogP) is 1.71. The molecule has 0 aliphatic rings. The molecule has 0 atom stereocenters. The van der Waals surface area contributed by atoms with Crippen molar-refractivity contribution in [3.05, 3.63) is 35.1 Å². The largest absolute Gasteiger partial charge is 0.327 e. The predicted molar refractivity (Wildman–Crippen MR) is 47.3 cm³/mol. The van der Waals surface area contributed by atoms with Crippen LogP contribution in [0.15, 0.2) is 24.4 Å². The maximum atomic E-state index is 5.72. The maximum Gasteiger partial charge on any atom is 0.0641 e. The molecule has 0 spiro atoms. The zero-order chi connectivity index (χ0) is 8.10. The second-order valence-corrected chi connectivity index (χ2v) is 2.47. The molecule has 1 aromatic heterocycles. The minimum absolute atomic E-state index is 0.522. The highest BCUT2D eigenvalue weighted by molar-refractivity contribution is 6.30. The molecule has 1 rings (SSSR count). The smallest absolute Gasteiger partial charge is 0.0641 e. The van der Waals surface area contributed by atoms with Gasteiger partial charge in [0.25, 0.3) is 0 Å². The first-order valence-electron chi connectivity index (χ1n) is 3.31. The van der Waals surface area contributed by atoms with E-state index in [2.05, 4.69) is 4.98 Å². The molecule has 0 unspecified atom stereocenters. The van der Waals surface area contributed by atoms with E-state index in [0.29, 0.717) is 11.6 Å². The van der Waals surface area contributed by atoms with Crippen LogP contribution in [0.2, 0.25) is 5.02 Å². The molecule has 0 saturated carbocycles. The Hall–Kier alpha value is -0.860. The molecule has 58 valence electrons. The van der Waals surface area contributed by atoms with E-state index in [4.69, 9.17) is 17.3 Å².